The fraction of sp³-hybridized carbons (Fsp3) is 0.667. The molecular weight excluding hydrogens is 350 g/mol. The van der Waals surface area contributed by atoms with E-state index < -0.39 is 36.4 Å². The number of carbonyl (C=O) groups is 1. The van der Waals surface area contributed by atoms with Crippen LogP contribution in [0.4, 0.5) is 19.4 Å². The maximum Gasteiger partial charge on any atom is 0.351 e. The van der Waals surface area contributed by atoms with Gasteiger partial charge in [0, 0.05) is 25.7 Å². The molecule has 146 valence electrons. The van der Waals surface area contributed by atoms with Gasteiger partial charge in [0.25, 0.3) is 5.92 Å². The molecule has 1 aromatic rings. The van der Waals surface area contributed by atoms with Crippen molar-refractivity contribution < 1.29 is 18.3 Å². The van der Waals surface area contributed by atoms with Crippen LogP contribution in [0.5, 0.6) is 0 Å². The van der Waals surface area contributed by atoms with Gasteiger partial charge < -0.3 is 20.8 Å². The molecule has 2 atom stereocenters. The Hall–Kier alpha value is -2.27. The highest BCUT2D eigenvalue weighted by Crippen LogP contribution is 2.41. The van der Waals surface area contributed by atoms with Gasteiger partial charge in [-0.2, -0.15) is 4.98 Å². The maximum absolute atomic E-state index is 14.2. The molecular formula is C15H24F2N6O3. The molecule has 2 amide bonds. The van der Waals surface area contributed by atoms with Crippen LogP contribution in [0.1, 0.15) is 38.8 Å². The summed E-state index contributed by atoms with van der Waals surface area (Å²) in [6.45, 7) is 2.48. The number of nitrogen functional groups attached to an aromatic ring is 1. The Kier molecular flexibility index (Phi) is 6.86. The number of nitrogens with zero attached hydrogens (tertiary/aromatic N) is 2. The molecule has 0 bridgehead atoms. The van der Waals surface area contributed by atoms with Crippen LogP contribution in [-0.4, -0.2) is 40.7 Å². The van der Waals surface area contributed by atoms with Crippen molar-refractivity contribution in [3.63, 3.8) is 0 Å². The fourth-order valence-electron chi connectivity index (χ4n) is 2.64. The first kappa shape index (κ1) is 20.0. The molecule has 1 aliphatic heterocycles. The number of nitrogens with two attached hydrogens (primary N) is 1. The van der Waals surface area contributed by atoms with Gasteiger partial charge in [-0.1, -0.05) is 19.8 Å². The molecule has 0 radical (unpaired) electrons. The van der Waals surface area contributed by atoms with Crippen molar-refractivity contribution in [1.29, 1.82) is 0 Å². The molecule has 0 saturated carbocycles. The standard InChI is InChI=1S/C15H24F2N6O3/c1-2-3-4-6-19-13(24)20-9-10-8-15(16,17)12(26-10)23-7-5-11(22-18)21-14(23)25/h5,7,10,12H,2-4,6,8-9,18H2,1H3,(H2,19,20,24)(H,21,22,25)/t10-,12+/m0/s1. The lowest BCUT2D eigenvalue weighted by Gasteiger charge is -2.19. The van der Waals surface area contributed by atoms with E-state index in [1.165, 1.54) is 6.07 Å². The van der Waals surface area contributed by atoms with E-state index in [-0.39, 0.29) is 12.4 Å². The van der Waals surface area contributed by atoms with Gasteiger partial charge in [0.05, 0.1) is 6.10 Å². The summed E-state index contributed by atoms with van der Waals surface area (Å²) < 4.78 is 34.5. The molecule has 0 aliphatic carbocycles. The Morgan fingerprint density at radius 3 is 2.88 bits per heavy atom. The van der Waals surface area contributed by atoms with Crippen LogP contribution < -0.4 is 27.6 Å². The predicted molar refractivity (Wildman–Crippen MR) is 90.7 cm³/mol. The molecule has 2 rings (SSSR count). The quantitative estimate of drug-likeness (QED) is 0.305. The highest BCUT2D eigenvalue weighted by Gasteiger charge is 2.51. The van der Waals surface area contributed by atoms with E-state index in [4.69, 9.17) is 10.6 Å². The minimum absolute atomic E-state index is 0.0607. The van der Waals surface area contributed by atoms with Crippen molar-refractivity contribution in [2.75, 3.05) is 18.5 Å². The number of amides is 2. The van der Waals surface area contributed by atoms with E-state index in [2.05, 4.69) is 28.0 Å². The van der Waals surface area contributed by atoms with Crippen molar-refractivity contribution in [3.8, 4) is 0 Å². The van der Waals surface area contributed by atoms with E-state index in [9.17, 15) is 18.4 Å². The van der Waals surface area contributed by atoms with Crippen molar-refractivity contribution in [2.24, 2.45) is 5.84 Å². The number of aromatic nitrogens is 2. The molecule has 0 unspecified atom stereocenters. The highest BCUT2D eigenvalue weighted by atomic mass is 19.3. The predicted octanol–water partition coefficient (Wildman–Crippen LogP) is 0.941. The van der Waals surface area contributed by atoms with E-state index >= 15 is 0 Å². The number of carbonyl (C=O) groups excluding carboxylic acids is 1. The van der Waals surface area contributed by atoms with Crippen LogP contribution in [0.2, 0.25) is 0 Å². The lowest BCUT2D eigenvalue weighted by atomic mass is 10.2. The van der Waals surface area contributed by atoms with Crippen LogP contribution in [0.15, 0.2) is 17.1 Å². The zero-order valence-corrected chi connectivity index (χ0v) is 14.5. The lowest BCUT2D eigenvalue weighted by Crippen LogP contribution is -2.40. The van der Waals surface area contributed by atoms with Gasteiger partial charge in [0.1, 0.15) is 5.82 Å². The average Bonchev–Trinajstić information content (AvgIpc) is 2.91. The minimum atomic E-state index is -3.27. The molecule has 11 heteroatoms. The van der Waals surface area contributed by atoms with Crippen LogP contribution in [0.25, 0.3) is 0 Å². The second kappa shape index (κ2) is 8.90. The third-order valence-electron chi connectivity index (χ3n) is 3.97. The van der Waals surface area contributed by atoms with Gasteiger partial charge in [-0.25, -0.2) is 24.2 Å². The van der Waals surface area contributed by atoms with Gasteiger partial charge >= 0.3 is 11.7 Å². The molecule has 0 spiro atoms. The molecule has 26 heavy (non-hydrogen) atoms. The molecule has 5 N–H and O–H groups in total. The van der Waals surface area contributed by atoms with Crippen molar-refractivity contribution in [1.82, 2.24) is 20.2 Å². The van der Waals surface area contributed by atoms with Crippen LogP contribution in [0.3, 0.4) is 0 Å². The van der Waals surface area contributed by atoms with E-state index in [1.807, 2.05) is 0 Å². The van der Waals surface area contributed by atoms with Crippen molar-refractivity contribution in [3.05, 3.63) is 22.7 Å². The number of ether oxygens (including phenoxy) is 1. The SMILES string of the molecule is CCCCCNC(=O)NC[C@@H]1CC(F)(F)[C@H](n2ccc(NN)nc2=O)O1. The Morgan fingerprint density at radius 2 is 2.23 bits per heavy atom. The number of alkyl halides is 2. The Labute approximate surface area is 149 Å². The van der Waals surface area contributed by atoms with Gasteiger partial charge in [-0.15, -0.1) is 0 Å². The average molecular weight is 374 g/mol. The number of unbranched alkanes of at least 4 members (excludes halogenated alkanes) is 2. The normalized spacial score (nSPS) is 21.4. The number of hydrazine groups is 1. The summed E-state index contributed by atoms with van der Waals surface area (Å²) in [5, 5.41) is 5.16. The smallest absolute Gasteiger partial charge is 0.346 e. The van der Waals surface area contributed by atoms with Gasteiger partial charge in [0.2, 0.25) is 6.23 Å². The van der Waals surface area contributed by atoms with Crippen molar-refractivity contribution >= 4 is 11.8 Å². The number of urea groups is 1. The number of hydrogen-bond acceptors (Lipinski definition) is 6. The molecule has 2 heterocycles. The Morgan fingerprint density at radius 1 is 1.46 bits per heavy atom. The summed E-state index contributed by atoms with van der Waals surface area (Å²) in [6, 6.07) is 0.851. The summed E-state index contributed by atoms with van der Waals surface area (Å²) in [5.74, 6) is 1.92. The van der Waals surface area contributed by atoms with Crippen LogP contribution >= 0.6 is 0 Å². The zero-order valence-electron chi connectivity index (χ0n) is 14.5. The maximum atomic E-state index is 14.2. The van der Waals surface area contributed by atoms with E-state index in [1.54, 1.807) is 0 Å². The first-order valence-corrected chi connectivity index (χ1v) is 8.48. The summed E-state index contributed by atoms with van der Waals surface area (Å²) in [6.07, 6.45) is 0.710. The van der Waals surface area contributed by atoms with Gasteiger partial charge in [-0.3, -0.25) is 4.57 Å². The van der Waals surface area contributed by atoms with E-state index in [0.717, 1.165) is 25.5 Å². The lowest BCUT2D eigenvalue weighted by molar-refractivity contribution is -0.116. The molecule has 1 aliphatic rings. The topological polar surface area (TPSA) is 123 Å². The Bertz CT molecular complexity index is 669. The largest absolute Gasteiger partial charge is 0.351 e. The second-order valence-corrected chi connectivity index (χ2v) is 6.07. The number of anilines is 1. The monoisotopic (exact) mass is 374 g/mol. The van der Waals surface area contributed by atoms with Gasteiger partial charge in [0.15, 0.2) is 0 Å². The number of rotatable bonds is 8. The third-order valence-corrected chi connectivity index (χ3v) is 3.97. The minimum Gasteiger partial charge on any atom is -0.346 e. The number of halogens is 2. The summed E-state index contributed by atoms with van der Waals surface area (Å²) in [4.78, 5) is 27.1. The number of nitrogens with one attached hydrogen (secondary N) is 3. The summed E-state index contributed by atoms with van der Waals surface area (Å²) >= 11 is 0. The van der Waals surface area contributed by atoms with Crippen LogP contribution in [0, 0.1) is 0 Å². The third kappa shape index (κ3) is 5.11. The zero-order chi connectivity index (χ0) is 19.2. The molecule has 1 fully saturated rings. The molecule has 0 aromatic carbocycles. The first-order valence-electron chi connectivity index (χ1n) is 8.48. The van der Waals surface area contributed by atoms with Gasteiger partial charge in [-0.05, 0) is 12.5 Å². The summed E-state index contributed by atoms with van der Waals surface area (Å²) in [7, 11) is 0. The van der Waals surface area contributed by atoms with Crippen LogP contribution in [-0.2, 0) is 4.74 Å². The summed E-state index contributed by atoms with van der Waals surface area (Å²) in [5.41, 5.74) is 1.26. The van der Waals surface area contributed by atoms with Crippen molar-refractivity contribution in [2.45, 2.75) is 50.9 Å². The molecule has 9 nitrogen and oxygen atoms in total. The second-order valence-electron chi connectivity index (χ2n) is 6.07. The Balaban J connectivity index is 1.91. The van der Waals surface area contributed by atoms with E-state index in [0.29, 0.717) is 11.1 Å². The highest BCUT2D eigenvalue weighted by molar-refractivity contribution is 5.73. The first-order chi connectivity index (χ1) is 12.4. The molecule has 1 aromatic heterocycles. The fourth-order valence-corrected chi connectivity index (χ4v) is 2.64. The number of hydrogen-bond donors (Lipinski definition) is 4. The molecule has 1 saturated heterocycles.